The van der Waals surface area contributed by atoms with Crippen molar-refractivity contribution >= 4 is 11.9 Å². The molecule has 6 nitrogen and oxygen atoms in total. The van der Waals surface area contributed by atoms with E-state index in [4.69, 9.17) is 0 Å². The van der Waals surface area contributed by atoms with Crippen LogP contribution >= 0.6 is 0 Å². The van der Waals surface area contributed by atoms with Gasteiger partial charge in [0.2, 0.25) is 0 Å². The molecule has 0 saturated heterocycles. The van der Waals surface area contributed by atoms with Crippen LogP contribution in [0.4, 0.5) is 4.39 Å². The fourth-order valence-electron chi connectivity index (χ4n) is 4.43. The predicted octanol–water partition coefficient (Wildman–Crippen LogP) is 3.02. The Balaban J connectivity index is 1.68. The van der Waals surface area contributed by atoms with Gasteiger partial charge in [-0.05, 0) is 44.2 Å². The molecule has 2 aliphatic rings. The van der Waals surface area contributed by atoms with E-state index in [-0.39, 0.29) is 18.1 Å². The van der Waals surface area contributed by atoms with Gasteiger partial charge in [-0.1, -0.05) is 25.0 Å². The molecule has 0 unspecified atom stereocenters. The number of aromatic nitrogens is 2. The Hall–Kier alpha value is -2.70. The summed E-state index contributed by atoms with van der Waals surface area (Å²) >= 11 is 0. The molecular formula is C20H22FN3O3. The first-order chi connectivity index (χ1) is 13.0. The monoisotopic (exact) mass is 371 g/mol. The number of carbonyl (C=O) groups excluding carboxylic acids is 1. The molecule has 1 saturated carbocycles. The maximum absolute atomic E-state index is 14.3. The van der Waals surface area contributed by atoms with Crippen LogP contribution in [0.3, 0.4) is 0 Å². The molecule has 0 bridgehead atoms. The van der Waals surface area contributed by atoms with Crippen LogP contribution in [0.5, 0.6) is 0 Å². The van der Waals surface area contributed by atoms with Gasteiger partial charge in [0.15, 0.2) is 5.69 Å². The van der Waals surface area contributed by atoms with Crippen molar-refractivity contribution in [2.75, 3.05) is 0 Å². The summed E-state index contributed by atoms with van der Waals surface area (Å²) < 4.78 is 15.8. The third-order valence-electron chi connectivity index (χ3n) is 5.65. The number of hydrogen-bond acceptors (Lipinski definition) is 3. The van der Waals surface area contributed by atoms with Crippen LogP contribution in [0.25, 0.3) is 5.69 Å². The molecule has 1 fully saturated rings. The highest BCUT2D eigenvalue weighted by Gasteiger charge is 2.39. The van der Waals surface area contributed by atoms with E-state index in [0.717, 1.165) is 43.4 Å². The molecule has 4 rings (SSSR count). The molecule has 0 radical (unpaired) electrons. The second-order valence-corrected chi connectivity index (χ2v) is 7.50. The number of aliphatic carboxylic acids is 1. The minimum atomic E-state index is -0.917. The van der Waals surface area contributed by atoms with Crippen LogP contribution in [-0.2, 0) is 17.6 Å². The average Bonchev–Trinajstić information content (AvgIpc) is 3.31. The first-order valence-corrected chi connectivity index (χ1v) is 9.39. The van der Waals surface area contributed by atoms with Gasteiger partial charge in [0, 0.05) is 11.3 Å². The zero-order valence-electron chi connectivity index (χ0n) is 15.0. The third kappa shape index (κ3) is 3.22. The molecule has 1 aromatic carbocycles. The Morgan fingerprint density at radius 1 is 1.19 bits per heavy atom. The Labute approximate surface area is 156 Å². The number of halogens is 1. The molecule has 0 aliphatic heterocycles. The highest BCUT2D eigenvalue weighted by Crippen LogP contribution is 2.34. The van der Waals surface area contributed by atoms with Crippen molar-refractivity contribution < 1.29 is 19.1 Å². The van der Waals surface area contributed by atoms with Crippen LogP contribution in [0.1, 0.15) is 60.3 Å². The number of para-hydroxylation sites is 1. The Morgan fingerprint density at radius 2 is 1.93 bits per heavy atom. The lowest BCUT2D eigenvalue weighted by atomic mass is 9.93. The lowest BCUT2D eigenvalue weighted by Gasteiger charge is -2.28. The average molecular weight is 371 g/mol. The van der Waals surface area contributed by atoms with Gasteiger partial charge in [0.25, 0.3) is 5.91 Å². The number of rotatable bonds is 5. The van der Waals surface area contributed by atoms with E-state index in [1.165, 1.54) is 10.7 Å². The number of carbonyl (C=O) groups is 2. The molecular weight excluding hydrogens is 349 g/mol. The molecule has 27 heavy (non-hydrogen) atoms. The number of benzene rings is 1. The summed E-state index contributed by atoms with van der Waals surface area (Å²) in [6.45, 7) is 0. The van der Waals surface area contributed by atoms with Crippen molar-refractivity contribution in [3.05, 3.63) is 47.0 Å². The molecule has 2 aromatic rings. The summed E-state index contributed by atoms with van der Waals surface area (Å²) in [7, 11) is 0. The van der Waals surface area contributed by atoms with Crippen molar-refractivity contribution in [3.8, 4) is 5.69 Å². The molecule has 0 spiro atoms. The van der Waals surface area contributed by atoms with E-state index >= 15 is 0 Å². The summed E-state index contributed by atoms with van der Waals surface area (Å²) in [5.41, 5.74) is 1.62. The highest BCUT2D eigenvalue weighted by atomic mass is 19.1. The topological polar surface area (TPSA) is 84.2 Å². The minimum Gasteiger partial charge on any atom is -0.481 e. The number of fused-ring (bicyclic) bond motifs is 1. The van der Waals surface area contributed by atoms with E-state index in [0.29, 0.717) is 24.2 Å². The summed E-state index contributed by atoms with van der Waals surface area (Å²) in [4.78, 5) is 24.3. The van der Waals surface area contributed by atoms with Gasteiger partial charge in [0.1, 0.15) is 11.5 Å². The van der Waals surface area contributed by atoms with Gasteiger partial charge in [-0.3, -0.25) is 9.59 Å². The molecule has 7 heteroatoms. The van der Waals surface area contributed by atoms with Gasteiger partial charge >= 0.3 is 5.97 Å². The molecule has 1 amide bonds. The fraction of sp³-hybridized carbons (Fsp3) is 0.450. The number of hydrogen-bond donors (Lipinski definition) is 2. The number of carboxylic acid groups (broad SMARTS) is 1. The van der Waals surface area contributed by atoms with Gasteiger partial charge in [-0.25, -0.2) is 9.07 Å². The van der Waals surface area contributed by atoms with Crippen LogP contribution in [0, 0.1) is 5.82 Å². The summed E-state index contributed by atoms with van der Waals surface area (Å²) in [6, 6.07) is 6.37. The summed E-state index contributed by atoms with van der Waals surface area (Å²) in [5, 5.41) is 16.6. The summed E-state index contributed by atoms with van der Waals surface area (Å²) in [6.07, 6.45) is 5.37. The van der Waals surface area contributed by atoms with Crippen molar-refractivity contribution in [3.63, 3.8) is 0 Å². The van der Waals surface area contributed by atoms with Gasteiger partial charge in [-0.2, -0.15) is 5.10 Å². The number of nitrogens with zero attached hydrogens (tertiary/aromatic N) is 2. The van der Waals surface area contributed by atoms with Crippen LogP contribution in [0.2, 0.25) is 0 Å². The zero-order valence-corrected chi connectivity index (χ0v) is 15.0. The number of amides is 1. The van der Waals surface area contributed by atoms with Gasteiger partial charge in [-0.15, -0.1) is 0 Å². The quantitative estimate of drug-likeness (QED) is 0.846. The van der Waals surface area contributed by atoms with E-state index in [2.05, 4.69) is 10.4 Å². The molecule has 0 atom stereocenters. The van der Waals surface area contributed by atoms with Crippen molar-refractivity contribution in [2.45, 2.75) is 56.9 Å². The molecule has 2 aliphatic carbocycles. The zero-order chi connectivity index (χ0) is 19.0. The van der Waals surface area contributed by atoms with Crippen molar-refractivity contribution in [2.24, 2.45) is 0 Å². The first-order valence-electron chi connectivity index (χ1n) is 9.39. The smallest absolute Gasteiger partial charge is 0.305 e. The number of nitrogens with one attached hydrogen (secondary N) is 1. The van der Waals surface area contributed by atoms with E-state index in [1.807, 2.05) is 0 Å². The van der Waals surface area contributed by atoms with Crippen molar-refractivity contribution in [1.29, 1.82) is 0 Å². The first kappa shape index (κ1) is 17.7. The minimum absolute atomic E-state index is 0.0883. The van der Waals surface area contributed by atoms with Crippen LogP contribution in [-0.4, -0.2) is 32.3 Å². The predicted molar refractivity (Wildman–Crippen MR) is 96.5 cm³/mol. The third-order valence-corrected chi connectivity index (χ3v) is 5.65. The molecule has 2 N–H and O–H groups in total. The maximum Gasteiger partial charge on any atom is 0.305 e. The highest BCUT2D eigenvalue weighted by molar-refractivity contribution is 5.95. The van der Waals surface area contributed by atoms with Crippen LogP contribution < -0.4 is 5.32 Å². The second-order valence-electron chi connectivity index (χ2n) is 7.50. The molecule has 1 aromatic heterocycles. The SMILES string of the molecule is O=C(O)CC1(NC(=O)c2nn(-c3ccccc3F)c3c2CCC3)CCCC1. The van der Waals surface area contributed by atoms with E-state index in [1.54, 1.807) is 18.2 Å². The lowest BCUT2D eigenvalue weighted by molar-refractivity contribution is -0.138. The lowest BCUT2D eigenvalue weighted by Crippen LogP contribution is -2.48. The standard InChI is InChI=1S/C20H22FN3O3/c21-14-7-1-2-8-16(14)24-15-9-5-6-13(15)18(23-24)19(27)22-20(12-17(25)26)10-3-4-11-20/h1-2,7-8H,3-6,9-12H2,(H,22,27)(H,25,26). The van der Waals surface area contributed by atoms with E-state index in [9.17, 15) is 19.1 Å². The second kappa shape index (κ2) is 6.79. The number of carboxylic acids is 1. The van der Waals surface area contributed by atoms with Crippen LogP contribution in [0.15, 0.2) is 24.3 Å². The van der Waals surface area contributed by atoms with Gasteiger partial charge < -0.3 is 10.4 Å². The fourth-order valence-corrected chi connectivity index (χ4v) is 4.43. The Bertz CT molecular complexity index is 900. The van der Waals surface area contributed by atoms with Crippen molar-refractivity contribution in [1.82, 2.24) is 15.1 Å². The van der Waals surface area contributed by atoms with E-state index < -0.39 is 11.5 Å². The molecule has 1 heterocycles. The molecule has 142 valence electrons. The Morgan fingerprint density at radius 3 is 2.63 bits per heavy atom. The maximum atomic E-state index is 14.3. The largest absolute Gasteiger partial charge is 0.481 e. The normalized spacial score (nSPS) is 17.7. The van der Waals surface area contributed by atoms with Gasteiger partial charge in [0.05, 0.1) is 12.0 Å². The summed E-state index contributed by atoms with van der Waals surface area (Å²) in [5.74, 6) is -1.66. The Kier molecular flexibility index (Phi) is 4.45.